The number of ether oxygens (including phenoxy) is 2. The minimum absolute atomic E-state index is 0.123. The predicted octanol–water partition coefficient (Wildman–Crippen LogP) is 3.48. The van der Waals surface area contributed by atoms with Crippen LogP contribution in [0.1, 0.15) is 24.5 Å². The Bertz CT molecular complexity index is 655. The number of nitrogens with one attached hydrogen (secondary N) is 1. The Morgan fingerprint density at radius 1 is 1.09 bits per heavy atom. The number of hydrogen-bond acceptors (Lipinski definition) is 3. The molecule has 0 fully saturated rings. The van der Waals surface area contributed by atoms with Gasteiger partial charge in [-0.2, -0.15) is 0 Å². The summed E-state index contributed by atoms with van der Waals surface area (Å²) in [7, 11) is 1.62. The number of hydrogen-bond donors (Lipinski definition) is 1. The number of rotatable bonds is 7. The summed E-state index contributed by atoms with van der Waals surface area (Å²) in [4.78, 5) is 12.4. The van der Waals surface area contributed by atoms with E-state index in [0.717, 1.165) is 22.6 Å². The maximum Gasteiger partial charge on any atom is 0.261 e. The third kappa shape index (κ3) is 4.49. The van der Waals surface area contributed by atoms with Crippen molar-refractivity contribution in [1.82, 2.24) is 5.32 Å². The Hall–Kier alpha value is -2.49. The van der Waals surface area contributed by atoms with Gasteiger partial charge in [0.05, 0.1) is 7.11 Å². The lowest BCUT2D eigenvalue weighted by Crippen LogP contribution is -2.37. The molecular formula is C19H23NO3. The first-order chi connectivity index (χ1) is 11.2. The minimum atomic E-state index is -0.509. The fraction of sp³-hybridized carbons (Fsp3) is 0.316. The highest BCUT2D eigenvalue weighted by atomic mass is 16.5. The van der Waals surface area contributed by atoms with Gasteiger partial charge in [0.25, 0.3) is 5.91 Å². The highest BCUT2D eigenvalue weighted by molar-refractivity contribution is 5.81. The number of carbonyl (C=O) groups is 1. The predicted molar refractivity (Wildman–Crippen MR) is 90.7 cm³/mol. The van der Waals surface area contributed by atoms with Gasteiger partial charge in [0, 0.05) is 12.1 Å². The average Bonchev–Trinajstić information content (AvgIpc) is 2.59. The van der Waals surface area contributed by atoms with Crippen LogP contribution in [-0.4, -0.2) is 19.1 Å². The zero-order valence-electron chi connectivity index (χ0n) is 13.8. The highest BCUT2D eigenvalue weighted by Gasteiger charge is 2.19. The average molecular weight is 313 g/mol. The topological polar surface area (TPSA) is 47.6 Å². The molecule has 0 radical (unpaired) electrons. The van der Waals surface area contributed by atoms with Crippen LogP contribution in [0.4, 0.5) is 0 Å². The van der Waals surface area contributed by atoms with Gasteiger partial charge in [-0.25, -0.2) is 0 Å². The number of carbonyl (C=O) groups excluding carboxylic acids is 1. The van der Waals surface area contributed by atoms with Gasteiger partial charge in [-0.3, -0.25) is 4.79 Å². The molecule has 2 aromatic carbocycles. The van der Waals surface area contributed by atoms with Gasteiger partial charge in [-0.1, -0.05) is 43.3 Å². The van der Waals surface area contributed by atoms with Gasteiger partial charge in [-0.05, 0) is 31.0 Å². The zero-order chi connectivity index (χ0) is 16.7. The quantitative estimate of drug-likeness (QED) is 0.851. The largest absolute Gasteiger partial charge is 0.496 e. The van der Waals surface area contributed by atoms with Crippen LogP contribution < -0.4 is 14.8 Å². The molecule has 0 saturated heterocycles. The molecule has 0 aliphatic heterocycles. The molecular weight excluding hydrogens is 290 g/mol. The van der Waals surface area contributed by atoms with E-state index in [1.54, 1.807) is 7.11 Å². The number of amides is 1. The summed E-state index contributed by atoms with van der Waals surface area (Å²) in [6.07, 6.45) is 0.0948. The van der Waals surface area contributed by atoms with Crippen molar-refractivity contribution in [2.24, 2.45) is 0 Å². The van der Waals surface area contributed by atoms with Crippen LogP contribution in [0.3, 0.4) is 0 Å². The second-order valence-corrected chi connectivity index (χ2v) is 5.31. The first-order valence-electron chi connectivity index (χ1n) is 7.77. The normalized spacial score (nSPS) is 11.6. The molecule has 0 aromatic heterocycles. The van der Waals surface area contributed by atoms with Gasteiger partial charge >= 0.3 is 0 Å². The van der Waals surface area contributed by atoms with Crippen LogP contribution in [0.2, 0.25) is 0 Å². The molecule has 4 nitrogen and oxygen atoms in total. The second kappa shape index (κ2) is 8.22. The Morgan fingerprint density at radius 2 is 1.74 bits per heavy atom. The Labute approximate surface area is 137 Å². The molecule has 0 aliphatic carbocycles. The smallest absolute Gasteiger partial charge is 0.261 e. The number of benzene rings is 2. The van der Waals surface area contributed by atoms with Crippen molar-refractivity contribution in [2.75, 3.05) is 7.11 Å². The third-order valence-corrected chi connectivity index (χ3v) is 3.67. The molecule has 1 amide bonds. The summed E-state index contributed by atoms with van der Waals surface area (Å²) >= 11 is 0. The van der Waals surface area contributed by atoms with Gasteiger partial charge in [-0.15, -0.1) is 0 Å². The third-order valence-electron chi connectivity index (χ3n) is 3.67. The molecule has 1 N–H and O–H groups in total. The van der Waals surface area contributed by atoms with E-state index < -0.39 is 6.10 Å². The van der Waals surface area contributed by atoms with E-state index in [1.165, 1.54) is 0 Å². The number of methoxy groups -OCH3 is 1. The lowest BCUT2D eigenvalue weighted by Gasteiger charge is -2.19. The summed E-state index contributed by atoms with van der Waals surface area (Å²) in [6, 6.07) is 15.3. The van der Waals surface area contributed by atoms with Crippen LogP contribution in [-0.2, 0) is 11.3 Å². The molecule has 0 saturated carbocycles. The van der Waals surface area contributed by atoms with E-state index in [1.807, 2.05) is 62.4 Å². The molecule has 0 spiro atoms. The van der Waals surface area contributed by atoms with Gasteiger partial charge in [0.1, 0.15) is 11.5 Å². The summed E-state index contributed by atoms with van der Waals surface area (Å²) in [5.41, 5.74) is 1.96. The zero-order valence-corrected chi connectivity index (χ0v) is 13.8. The van der Waals surface area contributed by atoms with Crippen molar-refractivity contribution in [1.29, 1.82) is 0 Å². The maximum atomic E-state index is 12.4. The van der Waals surface area contributed by atoms with Gasteiger partial charge in [0.2, 0.25) is 0 Å². The van der Waals surface area contributed by atoms with E-state index in [4.69, 9.17) is 9.47 Å². The molecule has 122 valence electrons. The van der Waals surface area contributed by atoms with Crippen LogP contribution >= 0.6 is 0 Å². The number of para-hydroxylation sites is 2. The molecule has 2 rings (SSSR count). The molecule has 4 heteroatoms. The summed E-state index contributed by atoms with van der Waals surface area (Å²) in [5.74, 6) is 1.38. The number of aryl methyl sites for hydroxylation is 1. The van der Waals surface area contributed by atoms with Crippen molar-refractivity contribution in [2.45, 2.75) is 32.9 Å². The Morgan fingerprint density at radius 3 is 2.39 bits per heavy atom. The molecule has 0 bridgehead atoms. The van der Waals surface area contributed by atoms with Crippen molar-refractivity contribution in [3.05, 3.63) is 59.7 Å². The Balaban J connectivity index is 1.99. The monoisotopic (exact) mass is 313 g/mol. The van der Waals surface area contributed by atoms with E-state index in [0.29, 0.717) is 13.0 Å². The Kier molecular flexibility index (Phi) is 6.03. The fourth-order valence-electron chi connectivity index (χ4n) is 2.31. The van der Waals surface area contributed by atoms with E-state index in [-0.39, 0.29) is 5.91 Å². The molecule has 0 heterocycles. The standard InChI is InChI=1S/C19H23NO3/c1-4-16(23-17-11-7-5-9-14(17)2)19(21)20-13-15-10-6-8-12-18(15)22-3/h5-12,16H,4,13H2,1-3H3,(H,20,21)/t16-/m0/s1. The first-order valence-corrected chi connectivity index (χ1v) is 7.77. The van der Waals surface area contributed by atoms with E-state index in [2.05, 4.69) is 5.32 Å². The van der Waals surface area contributed by atoms with E-state index in [9.17, 15) is 4.79 Å². The van der Waals surface area contributed by atoms with Crippen molar-refractivity contribution in [3.8, 4) is 11.5 Å². The summed E-state index contributed by atoms with van der Waals surface area (Å²) in [6.45, 7) is 4.32. The molecule has 0 unspecified atom stereocenters. The lowest BCUT2D eigenvalue weighted by atomic mass is 10.2. The first kappa shape index (κ1) is 16.9. The highest BCUT2D eigenvalue weighted by Crippen LogP contribution is 2.20. The van der Waals surface area contributed by atoms with Crippen LogP contribution in [0.15, 0.2) is 48.5 Å². The van der Waals surface area contributed by atoms with Crippen LogP contribution in [0.25, 0.3) is 0 Å². The second-order valence-electron chi connectivity index (χ2n) is 5.31. The van der Waals surface area contributed by atoms with Gasteiger partial charge < -0.3 is 14.8 Å². The van der Waals surface area contributed by atoms with Crippen LogP contribution in [0, 0.1) is 6.92 Å². The molecule has 0 aliphatic rings. The minimum Gasteiger partial charge on any atom is -0.496 e. The summed E-state index contributed by atoms with van der Waals surface area (Å²) in [5, 5.41) is 2.92. The van der Waals surface area contributed by atoms with Crippen LogP contribution in [0.5, 0.6) is 11.5 Å². The maximum absolute atomic E-state index is 12.4. The molecule has 2 aromatic rings. The SMILES string of the molecule is CC[C@H](Oc1ccccc1C)C(=O)NCc1ccccc1OC. The lowest BCUT2D eigenvalue weighted by molar-refractivity contribution is -0.128. The molecule has 23 heavy (non-hydrogen) atoms. The van der Waals surface area contributed by atoms with Gasteiger partial charge in [0.15, 0.2) is 6.10 Å². The fourth-order valence-corrected chi connectivity index (χ4v) is 2.31. The van der Waals surface area contributed by atoms with E-state index >= 15 is 0 Å². The molecule has 1 atom stereocenters. The summed E-state index contributed by atoms with van der Waals surface area (Å²) < 4.78 is 11.2. The van der Waals surface area contributed by atoms with Crippen molar-refractivity contribution >= 4 is 5.91 Å². The van der Waals surface area contributed by atoms with Crippen molar-refractivity contribution in [3.63, 3.8) is 0 Å². The van der Waals surface area contributed by atoms with Crippen molar-refractivity contribution < 1.29 is 14.3 Å².